The van der Waals surface area contributed by atoms with E-state index in [1.165, 1.54) is 12.5 Å². The third-order valence-electron chi connectivity index (χ3n) is 9.37. The Morgan fingerprint density at radius 2 is 1.96 bits per heavy atom. The molecule has 1 heterocycles. The van der Waals surface area contributed by atoms with E-state index in [1.54, 1.807) is 0 Å². The maximum atomic E-state index is 11.5. The summed E-state index contributed by atoms with van der Waals surface area (Å²) in [5.41, 5.74) is -0.890. The molecule has 0 saturated heterocycles. The molecule has 0 amide bonds. The smallest absolute Gasteiger partial charge is 0.302 e. The van der Waals surface area contributed by atoms with Crippen LogP contribution in [0.1, 0.15) is 59.3 Å². The minimum Gasteiger partial charge on any atom is -0.497 e. The number of carbonyl (C=O) groups is 1. The van der Waals surface area contributed by atoms with Crippen LogP contribution in [0.2, 0.25) is 0 Å². The van der Waals surface area contributed by atoms with E-state index in [1.807, 2.05) is 0 Å². The summed E-state index contributed by atoms with van der Waals surface area (Å²) in [4.78, 5) is 11.3. The SMILES string of the molecule is CC(=O)OC[C@@]1(O)C[C@H](O)[C@]23C[C@H]1C[C@@H]2CC1=C2[C@](C)(CO1)[C@H](O)CC[C@@]23C. The Labute approximate surface area is 165 Å². The van der Waals surface area contributed by atoms with Gasteiger partial charge in [0.05, 0.1) is 30.0 Å². The lowest BCUT2D eigenvalue weighted by Gasteiger charge is -2.62. The van der Waals surface area contributed by atoms with Crippen molar-refractivity contribution < 1.29 is 29.6 Å². The molecular formula is C22H32O6. The molecule has 0 aromatic carbocycles. The Morgan fingerprint density at radius 1 is 1.21 bits per heavy atom. The lowest BCUT2D eigenvalue weighted by atomic mass is 9.42. The van der Waals surface area contributed by atoms with E-state index in [9.17, 15) is 20.1 Å². The average molecular weight is 392 g/mol. The quantitative estimate of drug-likeness (QED) is 0.622. The minimum absolute atomic E-state index is 0.00444. The van der Waals surface area contributed by atoms with Gasteiger partial charge in [-0.05, 0) is 50.0 Å². The molecule has 1 aliphatic heterocycles. The number of hydrogen-bond donors (Lipinski definition) is 3. The molecule has 6 heteroatoms. The van der Waals surface area contributed by atoms with E-state index in [-0.39, 0.29) is 41.1 Å². The molecule has 0 aromatic rings. The van der Waals surface area contributed by atoms with Gasteiger partial charge in [-0.2, -0.15) is 0 Å². The molecule has 3 fully saturated rings. The van der Waals surface area contributed by atoms with Crippen molar-refractivity contribution in [2.24, 2.45) is 28.1 Å². The molecule has 3 saturated carbocycles. The Hall–Kier alpha value is -1.11. The molecule has 6 nitrogen and oxygen atoms in total. The predicted molar refractivity (Wildman–Crippen MR) is 99.9 cm³/mol. The highest BCUT2D eigenvalue weighted by atomic mass is 16.5. The molecule has 3 N–H and O–H groups in total. The lowest BCUT2D eigenvalue weighted by molar-refractivity contribution is -0.191. The molecule has 5 aliphatic rings. The Kier molecular flexibility index (Phi) is 3.73. The summed E-state index contributed by atoms with van der Waals surface area (Å²) in [6.45, 7) is 6.18. The average Bonchev–Trinajstić information content (AvgIpc) is 3.17. The second kappa shape index (κ2) is 5.52. The number of rotatable bonds is 2. The van der Waals surface area contributed by atoms with Gasteiger partial charge in [0.2, 0.25) is 0 Å². The molecule has 156 valence electrons. The highest BCUT2D eigenvalue weighted by Gasteiger charge is 2.74. The first-order valence-electron chi connectivity index (χ1n) is 10.7. The van der Waals surface area contributed by atoms with E-state index in [2.05, 4.69) is 13.8 Å². The number of hydrogen-bond acceptors (Lipinski definition) is 6. The number of fused-ring (bicyclic) bond motifs is 1. The maximum Gasteiger partial charge on any atom is 0.302 e. The summed E-state index contributed by atoms with van der Waals surface area (Å²) in [7, 11) is 0. The van der Waals surface area contributed by atoms with Crippen molar-refractivity contribution in [2.45, 2.75) is 77.1 Å². The first-order valence-corrected chi connectivity index (χ1v) is 10.7. The summed E-state index contributed by atoms with van der Waals surface area (Å²) in [6.07, 6.45) is 2.99. The van der Waals surface area contributed by atoms with Gasteiger partial charge in [-0.1, -0.05) is 6.92 Å². The molecule has 8 atom stereocenters. The standard InChI is InChI=1S/C22H32O6/c1-12(23)27-11-21(26)9-17(25)22-8-14(21)6-13(22)7-15-18-19(2,10-28-15)16(24)4-5-20(18,22)3/h13-14,16-17,24-26H,4-11H2,1-3H3/t13-,14-,16-,17+,19-,20+,21+,22+/m1/s1. The zero-order valence-electron chi connectivity index (χ0n) is 17.0. The largest absolute Gasteiger partial charge is 0.497 e. The third-order valence-corrected chi connectivity index (χ3v) is 9.37. The number of aliphatic hydroxyl groups excluding tert-OH is 2. The van der Waals surface area contributed by atoms with Crippen molar-refractivity contribution in [3.8, 4) is 0 Å². The topological polar surface area (TPSA) is 96.2 Å². The highest BCUT2D eigenvalue weighted by Crippen LogP contribution is 2.76. The van der Waals surface area contributed by atoms with E-state index in [0.29, 0.717) is 13.0 Å². The van der Waals surface area contributed by atoms with Crippen LogP contribution in [0, 0.1) is 28.1 Å². The summed E-state index contributed by atoms with van der Waals surface area (Å²) in [5.74, 6) is 0.842. The fraction of sp³-hybridized carbons (Fsp3) is 0.864. The van der Waals surface area contributed by atoms with Gasteiger partial charge < -0.3 is 24.8 Å². The van der Waals surface area contributed by atoms with E-state index < -0.39 is 23.8 Å². The van der Waals surface area contributed by atoms with E-state index in [4.69, 9.17) is 9.47 Å². The second-order valence-corrected chi connectivity index (χ2v) is 10.6. The highest BCUT2D eigenvalue weighted by molar-refractivity contribution is 5.66. The molecule has 2 bridgehead atoms. The van der Waals surface area contributed by atoms with Gasteiger partial charge in [0.1, 0.15) is 12.2 Å². The molecule has 0 unspecified atom stereocenters. The molecule has 0 radical (unpaired) electrons. The van der Waals surface area contributed by atoms with Gasteiger partial charge in [-0.15, -0.1) is 0 Å². The van der Waals surface area contributed by atoms with Gasteiger partial charge in [0.15, 0.2) is 0 Å². The van der Waals surface area contributed by atoms with Crippen LogP contribution in [0.4, 0.5) is 0 Å². The van der Waals surface area contributed by atoms with Crippen molar-refractivity contribution in [3.05, 3.63) is 11.3 Å². The number of carbonyl (C=O) groups excluding carboxylic acids is 1. The van der Waals surface area contributed by atoms with Crippen molar-refractivity contribution in [2.75, 3.05) is 13.2 Å². The molecule has 28 heavy (non-hydrogen) atoms. The molecule has 1 spiro atoms. The number of esters is 1. The Morgan fingerprint density at radius 3 is 2.68 bits per heavy atom. The first-order chi connectivity index (χ1) is 13.1. The van der Waals surface area contributed by atoms with Crippen LogP contribution in [0.15, 0.2) is 11.3 Å². The van der Waals surface area contributed by atoms with Crippen LogP contribution in [0.25, 0.3) is 0 Å². The summed E-state index contributed by atoms with van der Waals surface area (Å²) >= 11 is 0. The van der Waals surface area contributed by atoms with Gasteiger partial charge in [0.25, 0.3) is 0 Å². The lowest BCUT2D eigenvalue weighted by Crippen LogP contribution is -2.63. The second-order valence-electron chi connectivity index (χ2n) is 10.6. The molecule has 0 aromatic heterocycles. The monoisotopic (exact) mass is 392 g/mol. The predicted octanol–water partition coefficient (Wildman–Crippen LogP) is 1.91. The number of allylic oxidation sites excluding steroid dienone is 1. The van der Waals surface area contributed by atoms with Crippen molar-refractivity contribution in [1.82, 2.24) is 0 Å². The Bertz CT molecular complexity index is 762. The van der Waals surface area contributed by atoms with Crippen LogP contribution >= 0.6 is 0 Å². The van der Waals surface area contributed by atoms with Crippen LogP contribution < -0.4 is 0 Å². The fourth-order valence-electron chi connectivity index (χ4n) is 8.04. The number of aliphatic hydroxyl groups is 3. The number of ether oxygens (including phenoxy) is 2. The summed E-state index contributed by atoms with van der Waals surface area (Å²) in [5, 5.41) is 33.6. The van der Waals surface area contributed by atoms with Crippen LogP contribution in [-0.4, -0.2) is 52.3 Å². The van der Waals surface area contributed by atoms with Crippen molar-refractivity contribution in [1.29, 1.82) is 0 Å². The summed E-state index contributed by atoms with van der Waals surface area (Å²) < 4.78 is 11.3. The van der Waals surface area contributed by atoms with Crippen LogP contribution in [0.5, 0.6) is 0 Å². The molecule has 4 aliphatic carbocycles. The van der Waals surface area contributed by atoms with Gasteiger partial charge in [-0.3, -0.25) is 4.79 Å². The maximum absolute atomic E-state index is 11.5. The van der Waals surface area contributed by atoms with E-state index >= 15 is 0 Å². The summed E-state index contributed by atoms with van der Waals surface area (Å²) in [6, 6.07) is 0. The Balaban J connectivity index is 1.57. The normalized spacial score (nSPS) is 54.1. The molecular weight excluding hydrogens is 360 g/mol. The fourth-order valence-corrected chi connectivity index (χ4v) is 8.04. The zero-order chi connectivity index (χ0) is 20.1. The van der Waals surface area contributed by atoms with Crippen LogP contribution in [-0.2, 0) is 14.3 Å². The van der Waals surface area contributed by atoms with Gasteiger partial charge in [-0.25, -0.2) is 0 Å². The van der Waals surface area contributed by atoms with Crippen LogP contribution in [0.3, 0.4) is 0 Å². The van der Waals surface area contributed by atoms with Crippen molar-refractivity contribution >= 4 is 5.97 Å². The van der Waals surface area contributed by atoms with Gasteiger partial charge in [0, 0.05) is 30.6 Å². The third kappa shape index (κ3) is 2.02. The van der Waals surface area contributed by atoms with E-state index in [0.717, 1.165) is 31.4 Å². The minimum atomic E-state index is -1.17. The van der Waals surface area contributed by atoms with Crippen molar-refractivity contribution in [3.63, 3.8) is 0 Å². The molecule has 5 rings (SSSR count). The first kappa shape index (κ1) is 18.9. The zero-order valence-corrected chi connectivity index (χ0v) is 17.0. The van der Waals surface area contributed by atoms with Gasteiger partial charge >= 0.3 is 5.97 Å².